The largest absolute Gasteiger partial charge is 0.395 e. The standard InChI is InChI=1S/C22H28N2O4S/c25-16-15-23(18-20-7-3-1-4-8-20)22(26)17-19-9-11-21(12-10-19)29(27,28)24-13-5-2-6-14-24/h1,3-4,7-12,25H,2,5-6,13-18H2. The van der Waals surface area contributed by atoms with Gasteiger partial charge in [-0.1, -0.05) is 48.9 Å². The zero-order chi connectivity index (χ0) is 20.7. The second-order valence-corrected chi connectivity index (χ2v) is 9.25. The van der Waals surface area contributed by atoms with E-state index in [9.17, 15) is 18.3 Å². The van der Waals surface area contributed by atoms with Crippen molar-refractivity contribution in [1.82, 2.24) is 9.21 Å². The second kappa shape index (κ2) is 10.0. The first-order valence-electron chi connectivity index (χ1n) is 10.0. The van der Waals surface area contributed by atoms with Gasteiger partial charge in [0.1, 0.15) is 0 Å². The zero-order valence-corrected chi connectivity index (χ0v) is 17.4. The van der Waals surface area contributed by atoms with Crippen LogP contribution < -0.4 is 0 Å². The number of hydrogen-bond acceptors (Lipinski definition) is 4. The molecule has 1 heterocycles. The first kappa shape index (κ1) is 21.5. The Morgan fingerprint density at radius 3 is 2.21 bits per heavy atom. The average molecular weight is 417 g/mol. The van der Waals surface area contributed by atoms with Gasteiger partial charge in [0.2, 0.25) is 15.9 Å². The van der Waals surface area contributed by atoms with Crippen LogP contribution in [0.1, 0.15) is 30.4 Å². The number of piperidine rings is 1. The third kappa shape index (κ3) is 5.65. The van der Waals surface area contributed by atoms with Crippen LogP contribution in [-0.4, -0.2) is 54.9 Å². The van der Waals surface area contributed by atoms with Gasteiger partial charge in [-0.05, 0) is 36.1 Å². The van der Waals surface area contributed by atoms with E-state index >= 15 is 0 Å². The Labute approximate surface area is 172 Å². The maximum absolute atomic E-state index is 12.7. The number of benzene rings is 2. The normalized spacial score (nSPS) is 15.2. The smallest absolute Gasteiger partial charge is 0.243 e. The third-order valence-electron chi connectivity index (χ3n) is 5.17. The molecule has 1 aliphatic rings. The molecular formula is C22H28N2O4S. The molecule has 0 saturated carbocycles. The van der Waals surface area contributed by atoms with Gasteiger partial charge < -0.3 is 10.0 Å². The minimum Gasteiger partial charge on any atom is -0.395 e. The summed E-state index contributed by atoms with van der Waals surface area (Å²) in [4.78, 5) is 14.6. The molecule has 0 aromatic heterocycles. The van der Waals surface area contributed by atoms with Crippen LogP contribution >= 0.6 is 0 Å². The molecule has 7 heteroatoms. The Bertz CT molecular complexity index is 892. The summed E-state index contributed by atoms with van der Waals surface area (Å²) in [6.45, 7) is 1.72. The topological polar surface area (TPSA) is 77.9 Å². The number of sulfonamides is 1. The van der Waals surface area contributed by atoms with Crippen molar-refractivity contribution in [3.05, 3.63) is 65.7 Å². The molecule has 1 aliphatic heterocycles. The molecule has 1 fully saturated rings. The van der Waals surface area contributed by atoms with Gasteiger partial charge in [-0.3, -0.25) is 4.79 Å². The molecule has 1 N–H and O–H groups in total. The summed E-state index contributed by atoms with van der Waals surface area (Å²) in [5.41, 5.74) is 1.75. The predicted octanol–water partition coefficient (Wildman–Crippen LogP) is 2.42. The van der Waals surface area contributed by atoms with Crippen molar-refractivity contribution in [2.24, 2.45) is 0 Å². The Morgan fingerprint density at radius 2 is 1.59 bits per heavy atom. The van der Waals surface area contributed by atoms with Crippen LogP contribution in [0.5, 0.6) is 0 Å². The highest BCUT2D eigenvalue weighted by molar-refractivity contribution is 7.89. The Balaban J connectivity index is 1.66. The van der Waals surface area contributed by atoms with Crippen molar-refractivity contribution < 1.29 is 18.3 Å². The highest BCUT2D eigenvalue weighted by Crippen LogP contribution is 2.21. The first-order chi connectivity index (χ1) is 14.0. The van der Waals surface area contributed by atoms with Crippen LogP contribution in [0.3, 0.4) is 0 Å². The molecule has 0 spiro atoms. The molecule has 156 valence electrons. The summed E-state index contributed by atoms with van der Waals surface area (Å²) >= 11 is 0. The van der Waals surface area contributed by atoms with E-state index in [-0.39, 0.29) is 30.4 Å². The Morgan fingerprint density at radius 1 is 0.931 bits per heavy atom. The van der Waals surface area contributed by atoms with Crippen molar-refractivity contribution in [1.29, 1.82) is 0 Å². The fraction of sp³-hybridized carbons (Fsp3) is 0.409. The van der Waals surface area contributed by atoms with Crippen molar-refractivity contribution in [2.45, 2.75) is 37.1 Å². The highest BCUT2D eigenvalue weighted by atomic mass is 32.2. The van der Waals surface area contributed by atoms with E-state index in [1.54, 1.807) is 33.5 Å². The highest BCUT2D eigenvalue weighted by Gasteiger charge is 2.25. The van der Waals surface area contributed by atoms with Gasteiger partial charge in [-0.15, -0.1) is 0 Å². The number of aliphatic hydroxyl groups is 1. The molecule has 1 saturated heterocycles. The van der Waals surface area contributed by atoms with Crippen molar-refractivity contribution in [3.8, 4) is 0 Å². The zero-order valence-electron chi connectivity index (χ0n) is 16.5. The van der Waals surface area contributed by atoms with Crippen LogP contribution in [-0.2, 0) is 27.8 Å². The van der Waals surface area contributed by atoms with Gasteiger partial charge in [0.15, 0.2) is 0 Å². The maximum atomic E-state index is 12.7. The molecular weight excluding hydrogens is 388 g/mol. The maximum Gasteiger partial charge on any atom is 0.243 e. The van der Waals surface area contributed by atoms with Gasteiger partial charge in [-0.2, -0.15) is 4.31 Å². The summed E-state index contributed by atoms with van der Waals surface area (Å²) < 4.78 is 27.0. The third-order valence-corrected chi connectivity index (χ3v) is 7.08. The lowest BCUT2D eigenvalue weighted by Gasteiger charge is -2.26. The van der Waals surface area contributed by atoms with Gasteiger partial charge in [-0.25, -0.2) is 8.42 Å². The Kier molecular flexibility index (Phi) is 7.41. The summed E-state index contributed by atoms with van der Waals surface area (Å²) in [6, 6.07) is 16.2. The van der Waals surface area contributed by atoms with Gasteiger partial charge in [0.25, 0.3) is 0 Å². The van der Waals surface area contributed by atoms with E-state index in [0.717, 1.165) is 30.4 Å². The van der Waals surface area contributed by atoms with Crippen LogP contribution in [0.25, 0.3) is 0 Å². The fourth-order valence-electron chi connectivity index (χ4n) is 3.54. The SMILES string of the molecule is O=C(Cc1ccc(S(=O)(=O)N2CCCCC2)cc1)N(CCO)Cc1ccccc1. The molecule has 29 heavy (non-hydrogen) atoms. The van der Waals surface area contributed by atoms with Crippen molar-refractivity contribution in [2.75, 3.05) is 26.2 Å². The van der Waals surface area contributed by atoms with Crippen LogP contribution in [0.2, 0.25) is 0 Å². The van der Waals surface area contributed by atoms with Crippen molar-refractivity contribution >= 4 is 15.9 Å². The van der Waals surface area contributed by atoms with Gasteiger partial charge in [0.05, 0.1) is 17.9 Å². The van der Waals surface area contributed by atoms with Gasteiger partial charge >= 0.3 is 0 Å². The lowest BCUT2D eigenvalue weighted by atomic mass is 10.1. The number of nitrogens with zero attached hydrogens (tertiary/aromatic N) is 2. The summed E-state index contributed by atoms with van der Waals surface area (Å²) in [6.07, 6.45) is 3.03. The minimum atomic E-state index is -3.47. The molecule has 3 rings (SSSR count). The molecule has 1 amide bonds. The second-order valence-electron chi connectivity index (χ2n) is 7.31. The number of carbonyl (C=O) groups excluding carboxylic acids is 1. The molecule has 0 aliphatic carbocycles. The summed E-state index contributed by atoms with van der Waals surface area (Å²) in [5.74, 6) is -0.102. The van der Waals surface area contributed by atoms with E-state index in [1.807, 2.05) is 30.3 Å². The van der Waals surface area contributed by atoms with E-state index in [0.29, 0.717) is 19.6 Å². The molecule has 2 aromatic rings. The minimum absolute atomic E-state index is 0.102. The predicted molar refractivity (Wildman–Crippen MR) is 112 cm³/mol. The van der Waals surface area contributed by atoms with E-state index in [1.165, 1.54) is 0 Å². The first-order valence-corrected chi connectivity index (χ1v) is 11.5. The van der Waals surface area contributed by atoms with Crippen LogP contribution in [0, 0.1) is 0 Å². The number of amides is 1. The van der Waals surface area contributed by atoms with E-state index < -0.39 is 10.0 Å². The summed E-state index contributed by atoms with van der Waals surface area (Å²) in [7, 11) is -3.47. The van der Waals surface area contributed by atoms with Gasteiger partial charge in [0, 0.05) is 26.2 Å². The number of aliphatic hydroxyl groups excluding tert-OH is 1. The summed E-state index contributed by atoms with van der Waals surface area (Å²) in [5, 5.41) is 9.31. The molecule has 0 bridgehead atoms. The molecule has 0 unspecified atom stereocenters. The molecule has 2 aromatic carbocycles. The monoisotopic (exact) mass is 416 g/mol. The van der Waals surface area contributed by atoms with E-state index in [4.69, 9.17) is 0 Å². The lowest BCUT2D eigenvalue weighted by molar-refractivity contribution is -0.131. The van der Waals surface area contributed by atoms with Crippen LogP contribution in [0.4, 0.5) is 0 Å². The lowest BCUT2D eigenvalue weighted by Crippen LogP contribution is -2.35. The Hall–Kier alpha value is -2.22. The van der Waals surface area contributed by atoms with Crippen molar-refractivity contribution in [3.63, 3.8) is 0 Å². The number of hydrogen-bond donors (Lipinski definition) is 1. The number of carbonyl (C=O) groups is 1. The number of rotatable bonds is 8. The van der Waals surface area contributed by atoms with Crippen LogP contribution in [0.15, 0.2) is 59.5 Å². The molecule has 6 nitrogen and oxygen atoms in total. The quantitative estimate of drug-likeness (QED) is 0.717. The average Bonchev–Trinajstić information content (AvgIpc) is 2.75. The fourth-order valence-corrected chi connectivity index (χ4v) is 5.05. The molecule has 0 atom stereocenters. The molecule has 0 radical (unpaired) electrons. The van der Waals surface area contributed by atoms with E-state index in [2.05, 4.69) is 0 Å².